The second-order valence-electron chi connectivity index (χ2n) is 6.24. The maximum Gasteiger partial charge on any atom is 0.224 e. The third kappa shape index (κ3) is 3.45. The highest BCUT2D eigenvalue weighted by Crippen LogP contribution is 2.27. The first-order chi connectivity index (χ1) is 10.6. The zero-order chi connectivity index (χ0) is 15.6. The Morgan fingerprint density at radius 1 is 1.32 bits per heavy atom. The number of halogens is 1. The molecule has 1 amide bonds. The van der Waals surface area contributed by atoms with Gasteiger partial charge in [-0.3, -0.25) is 4.79 Å². The second kappa shape index (κ2) is 6.31. The average Bonchev–Trinajstić information content (AvgIpc) is 2.88. The fourth-order valence-electron chi connectivity index (χ4n) is 3.19. The molecular formula is C17H21ClN2O2. The van der Waals surface area contributed by atoms with Gasteiger partial charge in [0.15, 0.2) is 0 Å². The first-order valence-electron chi connectivity index (χ1n) is 7.80. The number of hydrogen-bond donors (Lipinski definition) is 3. The minimum absolute atomic E-state index is 0.0603. The molecule has 1 aliphatic rings. The molecule has 0 atom stereocenters. The topological polar surface area (TPSA) is 65.1 Å². The van der Waals surface area contributed by atoms with E-state index in [0.717, 1.165) is 42.1 Å². The van der Waals surface area contributed by atoms with Crippen molar-refractivity contribution in [2.24, 2.45) is 0 Å². The lowest BCUT2D eigenvalue weighted by molar-refractivity contribution is -0.122. The Hall–Kier alpha value is -1.52. The smallest absolute Gasteiger partial charge is 0.224 e. The minimum Gasteiger partial charge on any atom is -0.388 e. The van der Waals surface area contributed by atoms with Crippen LogP contribution in [0, 0.1) is 0 Å². The third-order valence-corrected chi connectivity index (χ3v) is 4.71. The van der Waals surface area contributed by atoms with Crippen molar-refractivity contribution in [1.29, 1.82) is 0 Å². The van der Waals surface area contributed by atoms with Crippen molar-refractivity contribution in [2.75, 3.05) is 6.54 Å². The van der Waals surface area contributed by atoms with E-state index in [1.165, 1.54) is 6.42 Å². The standard InChI is InChI=1S/C17H21ClN2O2/c18-13-4-5-14-12(10-19-15(14)9-13)8-16(21)20-11-17(22)6-2-1-3-7-17/h4-5,9-10,19,22H,1-3,6-8,11H2,(H,20,21). The highest BCUT2D eigenvalue weighted by Gasteiger charge is 2.29. The highest BCUT2D eigenvalue weighted by molar-refractivity contribution is 6.31. The van der Waals surface area contributed by atoms with E-state index in [1.807, 2.05) is 24.4 Å². The molecule has 1 heterocycles. The highest BCUT2D eigenvalue weighted by atomic mass is 35.5. The fourth-order valence-corrected chi connectivity index (χ4v) is 3.36. The Bertz CT molecular complexity index is 674. The van der Waals surface area contributed by atoms with Gasteiger partial charge in [0, 0.05) is 28.7 Å². The summed E-state index contributed by atoms with van der Waals surface area (Å²) in [5, 5.41) is 15.0. The molecule has 1 aliphatic carbocycles. The number of aliphatic hydroxyl groups is 1. The summed E-state index contributed by atoms with van der Waals surface area (Å²) in [4.78, 5) is 15.3. The van der Waals surface area contributed by atoms with E-state index in [1.54, 1.807) is 0 Å². The summed E-state index contributed by atoms with van der Waals surface area (Å²) in [6.07, 6.45) is 6.95. The molecule has 118 valence electrons. The molecule has 0 saturated heterocycles. The number of carbonyl (C=O) groups excluding carboxylic acids is 1. The lowest BCUT2D eigenvalue weighted by atomic mass is 9.85. The summed E-state index contributed by atoms with van der Waals surface area (Å²) in [5.41, 5.74) is 1.16. The van der Waals surface area contributed by atoms with E-state index < -0.39 is 5.60 Å². The SMILES string of the molecule is O=C(Cc1c[nH]c2cc(Cl)ccc12)NCC1(O)CCCCC1. The van der Waals surface area contributed by atoms with Gasteiger partial charge >= 0.3 is 0 Å². The Morgan fingerprint density at radius 3 is 2.86 bits per heavy atom. The molecule has 5 heteroatoms. The van der Waals surface area contributed by atoms with Gasteiger partial charge in [0.2, 0.25) is 5.91 Å². The van der Waals surface area contributed by atoms with Gasteiger partial charge in [-0.1, -0.05) is 36.9 Å². The zero-order valence-electron chi connectivity index (χ0n) is 12.5. The van der Waals surface area contributed by atoms with Crippen molar-refractivity contribution in [3.8, 4) is 0 Å². The largest absolute Gasteiger partial charge is 0.388 e. The van der Waals surface area contributed by atoms with Crippen molar-refractivity contribution in [3.63, 3.8) is 0 Å². The van der Waals surface area contributed by atoms with Crippen molar-refractivity contribution in [2.45, 2.75) is 44.1 Å². The number of benzene rings is 1. The Balaban J connectivity index is 1.61. The van der Waals surface area contributed by atoms with Crippen LogP contribution in [-0.4, -0.2) is 28.1 Å². The van der Waals surface area contributed by atoms with Gasteiger partial charge in [-0.25, -0.2) is 0 Å². The van der Waals surface area contributed by atoms with Gasteiger partial charge in [0.1, 0.15) is 0 Å². The summed E-state index contributed by atoms with van der Waals surface area (Å²) in [5.74, 6) is -0.0603. The maximum absolute atomic E-state index is 12.1. The quantitative estimate of drug-likeness (QED) is 0.810. The van der Waals surface area contributed by atoms with Crippen molar-refractivity contribution in [1.82, 2.24) is 10.3 Å². The van der Waals surface area contributed by atoms with Crippen LogP contribution in [0.15, 0.2) is 24.4 Å². The van der Waals surface area contributed by atoms with Crippen molar-refractivity contribution < 1.29 is 9.90 Å². The molecular weight excluding hydrogens is 300 g/mol. The van der Waals surface area contributed by atoms with Gasteiger partial charge in [-0.15, -0.1) is 0 Å². The van der Waals surface area contributed by atoms with Crippen LogP contribution in [0.25, 0.3) is 10.9 Å². The Morgan fingerprint density at radius 2 is 2.09 bits per heavy atom. The summed E-state index contributed by atoms with van der Waals surface area (Å²) in [6.45, 7) is 0.347. The van der Waals surface area contributed by atoms with Crippen LogP contribution in [-0.2, 0) is 11.2 Å². The number of H-pyrrole nitrogens is 1. The molecule has 2 aromatic rings. The number of fused-ring (bicyclic) bond motifs is 1. The van der Waals surface area contributed by atoms with Crippen molar-refractivity contribution >= 4 is 28.4 Å². The van der Waals surface area contributed by atoms with Crippen LogP contribution >= 0.6 is 11.6 Å². The van der Waals surface area contributed by atoms with Crippen LogP contribution in [0.3, 0.4) is 0 Å². The van der Waals surface area contributed by atoms with Crippen molar-refractivity contribution in [3.05, 3.63) is 35.0 Å². The number of rotatable bonds is 4. The second-order valence-corrected chi connectivity index (χ2v) is 6.68. The predicted octanol–water partition coefficient (Wildman–Crippen LogP) is 3.18. The lowest BCUT2D eigenvalue weighted by Gasteiger charge is -2.32. The number of carbonyl (C=O) groups is 1. The molecule has 1 aromatic carbocycles. The van der Waals surface area contributed by atoms with Gasteiger partial charge in [0.25, 0.3) is 0 Å². The number of aromatic nitrogens is 1. The molecule has 0 radical (unpaired) electrons. The van der Waals surface area contributed by atoms with Gasteiger partial charge < -0.3 is 15.4 Å². The molecule has 1 aromatic heterocycles. The Kier molecular flexibility index (Phi) is 4.41. The molecule has 1 fully saturated rings. The first-order valence-corrected chi connectivity index (χ1v) is 8.18. The summed E-state index contributed by atoms with van der Waals surface area (Å²) >= 11 is 5.96. The predicted molar refractivity (Wildman–Crippen MR) is 88.1 cm³/mol. The average molecular weight is 321 g/mol. The minimum atomic E-state index is -0.721. The molecule has 3 N–H and O–H groups in total. The molecule has 0 bridgehead atoms. The van der Waals surface area contributed by atoms with Crippen LogP contribution in [0.2, 0.25) is 5.02 Å². The lowest BCUT2D eigenvalue weighted by Crippen LogP contribution is -2.44. The summed E-state index contributed by atoms with van der Waals surface area (Å²) in [7, 11) is 0. The first kappa shape index (κ1) is 15.4. The number of hydrogen-bond acceptors (Lipinski definition) is 2. The zero-order valence-corrected chi connectivity index (χ0v) is 13.2. The van der Waals surface area contributed by atoms with E-state index in [2.05, 4.69) is 10.3 Å². The molecule has 3 rings (SSSR count). The van der Waals surface area contributed by atoms with E-state index in [9.17, 15) is 9.90 Å². The number of amides is 1. The van der Waals surface area contributed by atoms with Gasteiger partial charge in [0.05, 0.1) is 12.0 Å². The van der Waals surface area contributed by atoms with Crippen LogP contribution in [0.5, 0.6) is 0 Å². The third-order valence-electron chi connectivity index (χ3n) is 4.48. The van der Waals surface area contributed by atoms with E-state index in [4.69, 9.17) is 11.6 Å². The van der Waals surface area contributed by atoms with Crippen LogP contribution < -0.4 is 5.32 Å². The molecule has 0 spiro atoms. The van der Waals surface area contributed by atoms with Gasteiger partial charge in [-0.05, 0) is 30.5 Å². The molecule has 0 aliphatic heterocycles. The molecule has 1 saturated carbocycles. The number of aromatic amines is 1. The van der Waals surface area contributed by atoms with E-state index >= 15 is 0 Å². The number of nitrogens with one attached hydrogen (secondary N) is 2. The normalized spacial score (nSPS) is 17.5. The fraction of sp³-hybridized carbons (Fsp3) is 0.471. The summed E-state index contributed by atoms with van der Waals surface area (Å²) < 4.78 is 0. The molecule has 22 heavy (non-hydrogen) atoms. The van der Waals surface area contributed by atoms with Crippen LogP contribution in [0.4, 0.5) is 0 Å². The monoisotopic (exact) mass is 320 g/mol. The Labute approximate surface area is 134 Å². The van der Waals surface area contributed by atoms with Crippen LogP contribution in [0.1, 0.15) is 37.7 Å². The van der Waals surface area contributed by atoms with Gasteiger partial charge in [-0.2, -0.15) is 0 Å². The van der Waals surface area contributed by atoms with E-state index in [-0.39, 0.29) is 5.91 Å². The van der Waals surface area contributed by atoms with E-state index in [0.29, 0.717) is 18.0 Å². The summed E-state index contributed by atoms with van der Waals surface area (Å²) in [6, 6.07) is 5.60. The molecule has 4 nitrogen and oxygen atoms in total. The molecule has 0 unspecified atom stereocenters. The maximum atomic E-state index is 12.1.